The molecule has 0 spiro atoms. The van der Waals surface area contributed by atoms with E-state index in [1.165, 1.54) is 24.3 Å². The first-order valence-electron chi connectivity index (χ1n) is 6.83. The van der Waals surface area contributed by atoms with Crippen molar-refractivity contribution in [2.75, 3.05) is 5.32 Å². The molecule has 1 heterocycles. The van der Waals surface area contributed by atoms with Crippen molar-refractivity contribution in [3.8, 4) is 0 Å². The van der Waals surface area contributed by atoms with Crippen molar-refractivity contribution in [2.45, 2.75) is 6.54 Å². The number of carbonyl (C=O) groups is 1. The van der Waals surface area contributed by atoms with Crippen LogP contribution in [0.25, 0.3) is 0 Å². The minimum atomic E-state index is -0.342. The number of nitrogens with one attached hydrogen (secondary N) is 1. The van der Waals surface area contributed by atoms with E-state index in [-0.39, 0.29) is 11.7 Å². The lowest BCUT2D eigenvalue weighted by molar-refractivity contribution is 0.102. The van der Waals surface area contributed by atoms with Gasteiger partial charge >= 0.3 is 0 Å². The molecular weight excluding hydrogens is 281 g/mol. The van der Waals surface area contributed by atoms with Gasteiger partial charge in [0.05, 0.1) is 6.33 Å². The van der Waals surface area contributed by atoms with E-state index in [1.54, 1.807) is 12.5 Å². The average molecular weight is 295 g/mol. The van der Waals surface area contributed by atoms with E-state index in [0.29, 0.717) is 17.9 Å². The van der Waals surface area contributed by atoms with Gasteiger partial charge in [-0.25, -0.2) is 9.37 Å². The number of aromatic nitrogens is 2. The highest BCUT2D eigenvalue weighted by Crippen LogP contribution is 2.10. The van der Waals surface area contributed by atoms with Crippen molar-refractivity contribution >= 4 is 11.6 Å². The monoisotopic (exact) mass is 295 g/mol. The Bertz CT molecular complexity index is 766. The van der Waals surface area contributed by atoms with Gasteiger partial charge < -0.3 is 9.88 Å². The summed E-state index contributed by atoms with van der Waals surface area (Å²) in [6.45, 7) is 0.650. The predicted molar refractivity (Wildman–Crippen MR) is 82.1 cm³/mol. The molecule has 4 nitrogen and oxygen atoms in total. The highest BCUT2D eigenvalue weighted by molar-refractivity contribution is 6.02. The van der Waals surface area contributed by atoms with E-state index in [9.17, 15) is 9.18 Å². The number of carbonyl (C=O) groups excluding carboxylic acids is 1. The Morgan fingerprint density at radius 3 is 2.55 bits per heavy atom. The number of anilines is 1. The maximum Gasteiger partial charge on any atom is 0.275 e. The van der Waals surface area contributed by atoms with Crippen molar-refractivity contribution in [1.29, 1.82) is 0 Å². The second-order valence-electron chi connectivity index (χ2n) is 4.88. The molecule has 0 fully saturated rings. The molecule has 0 aliphatic carbocycles. The van der Waals surface area contributed by atoms with Gasteiger partial charge in [-0.15, -0.1) is 0 Å². The van der Waals surface area contributed by atoms with E-state index in [4.69, 9.17) is 0 Å². The Morgan fingerprint density at radius 1 is 1.09 bits per heavy atom. The lowest BCUT2D eigenvalue weighted by Gasteiger charge is -2.03. The first-order chi connectivity index (χ1) is 10.7. The summed E-state index contributed by atoms with van der Waals surface area (Å²) < 4.78 is 14.7. The highest BCUT2D eigenvalue weighted by Gasteiger charge is 2.10. The largest absolute Gasteiger partial charge is 0.332 e. The van der Waals surface area contributed by atoms with Gasteiger partial charge in [0.1, 0.15) is 11.5 Å². The van der Waals surface area contributed by atoms with E-state index in [1.807, 2.05) is 34.9 Å². The van der Waals surface area contributed by atoms with Crippen LogP contribution in [0.2, 0.25) is 0 Å². The molecule has 0 aliphatic rings. The quantitative estimate of drug-likeness (QED) is 0.802. The summed E-state index contributed by atoms with van der Waals surface area (Å²) in [5, 5.41) is 2.68. The van der Waals surface area contributed by atoms with Crippen LogP contribution in [0.15, 0.2) is 67.1 Å². The summed E-state index contributed by atoms with van der Waals surface area (Å²) in [7, 11) is 0. The van der Waals surface area contributed by atoms with Crippen LogP contribution in [0.1, 0.15) is 16.1 Å². The maximum atomic E-state index is 12.8. The van der Waals surface area contributed by atoms with Crippen LogP contribution >= 0.6 is 0 Å². The molecular formula is C17H14FN3O. The third-order valence-corrected chi connectivity index (χ3v) is 3.18. The topological polar surface area (TPSA) is 46.9 Å². The number of benzene rings is 2. The number of imidazole rings is 1. The number of nitrogens with zero attached hydrogens (tertiary/aromatic N) is 2. The molecule has 2 aromatic carbocycles. The Labute approximate surface area is 127 Å². The number of hydrogen-bond acceptors (Lipinski definition) is 2. The second-order valence-corrected chi connectivity index (χ2v) is 4.88. The number of rotatable bonds is 4. The zero-order chi connectivity index (χ0) is 15.4. The molecule has 5 heteroatoms. The van der Waals surface area contributed by atoms with Gasteiger partial charge in [0.15, 0.2) is 0 Å². The summed E-state index contributed by atoms with van der Waals surface area (Å²) in [5.74, 6) is -0.663. The van der Waals surface area contributed by atoms with Crippen LogP contribution in [0, 0.1) is 5.82 Å². The lowest BCUT2D eigenvalue weighted by atomic mass is 10.2. The minimum absolute atomic E-state index is 0.320. The Kier molecular flexibility index (Phi) is 3.96. The number of amides is 1. The minimum Gasteiger partial charge on any atom is -0.332 e. The third kappa shape index (κ3) is 3.38. The second kappa shape index (κ2) is 6.22. The fraction of sp³-hybridized carbons (Fsp3) is 0.0588. The Hall–Kier alpha value is -2.95. The molecule has 0 bridgehead atoms. The highest BCUT2D eigenvalue weighted by atomic mass is 19.1. The summed E-state index contributed by atoms with van der Waals surface area (Å²) in [4.78, 5) is 16.2. The van der Waals surface area contributed by atoms with E-state index >= 15 is 0 Å². The Balaban J connectivity index is 1.67. The summed E-state index contributed by atoms with van der Waals surface area (Å²) in [5.41, 5.74) is 1.98. The fourth-order valence-electron chi connectivity index (χ4n) is 2.09. The van der Waals surface area contributed by atoms with Gasteiger partial charge in [0, 0.05) is 18.4 Å². The van der Waals surface area contributed by atoms with Gasteiger partial charge in [0.2, 0.25) is 0 Å². The molecule has 0 aliphatic heterocycles. The predicted octanol–water partition coefficient (Wildman–Crippen LogP) is 3.32. The van der Waals surface area contributed by atoms with Gasteiger partial charge in [-0.05, 0) is 29.8 Å². The zero-order valence-electron chi connectivity index (χ0n) is 11.7. The van der Waals surface area contributed by atoms with Gasteiger partial charge in [-0.3, -0.25) is 4.79 Å². The Morgan fingerprint density at radius 2 is 1.82 bits per heavy atom. The van der Waals surface area contributed by atoms with Crippen molar-refractivity contribution in [3.63, 3.8) is 0 Å². The molecule has 0 saturated heterocycles. The van der Waals surface area contributed by atoms with Gasteiger partial charge in [0.25, 0.3) is 5.91 Å². The molecule has 3 rings (SSSR count). The van der Waals surface area contributed by atoms with Crippen molar-refractivity contribution in [3.05, 3.63) is 84.2 Å². The molecule has 110 valence electrons. The smallest absolute Gasteiger partial charge is 0.275 e. The van der Waals surface area contributed by atoms with Crippen LogP contribution in [0.3, 0.4) is 0 Å². The van der Waals surface area contributed by atoms with E-state index in [0.717, 1.165) is 5.56 Å². The number of hydrogen-bond donors (Lipinski definition) is 1. The molecule has 3 aromatic rings. The van der Waals surface area contributed by atoms with Gasteiger partial charge in [-0.2, -0.15) is 0 Å². The fourth-order valence-corrected chi connectivity index (χ4v) is 2.09. The lowest BCUT2D eigenvalue weighted by Crippen LogP contribution is -2.12. The molecule has 0 atom stereocenters. The molecule has 22 heavy (non-hydrogen) atoms. The van der Waals surface area contributed by atoms with Gasteiger partial charge in [-0.1, -0.05) is 30.3 Å². The zero-order valence-corrected chi connectivity index (χ0v) is 11.7. The maximum absolute atomic E-state index is 12.8. The molecule has 1 N–H and O–H groups in total. The van der Waals surface area contributed by atoms with Crippen LogP contribution in [-0.2, 0) is 6.54 Å². The van der Waals surface area contributed by atoms with Crippen molar-refractivity contribution in [2.24, 2.45) is 0 Å². The number of halogens is 1. The van der Waals surface area contributed by atoms with Crippen LogP contribution in [0.5, 0.6) is 0 Å². The first kappa shape index (κ1) is 14.0. The third-order valence-electron chi connectivity index (χ3n) is 3.18. The van der Waals surface area contributed by atoms with E-state index in [2.05, 4.69) is 10.3 Å². The molecule has 0 unspecified atom stereocenters. The summed E-state index contributed by atoms with van der Waals surface area (Å²) >= 11 is 0. The van der Waals surface area contributed by atoms with Crippen LogP contribution in [0.4, 0.5) is 10.1 Å². The molecule has 0 saturated carbocycles. The SMILES string of the molecule is O=C(Nc1ccc(F)cc1)c1cn(Cc2ccccc2)cn1. The molecule has 1 aromatic heterocycles. The van der Waals surface area contributed by atoms with Crippen LogP contribution < -0.4 is 5.32 Å². The summed E-state index contributed by atoms with van der Waals surface area (Å²) in [6, 6.07) is 15.5. The first-order valence-corrected chi connectivity index (χ1v) is 6.83. The van der Waals surface area contributed by atoms with Crippen molar-refractivity contribution < 1.29 is 9.18 Å². The van der Waals surface area contributed by atoms with Crippen LogP contribution in [-0.4, -0.2) is 15.5 Å². The van der Waals surface area contributed by atoms with E-state index < -0.39 is 0 Å². The van der Waals surface area contributed by atoms with Crippen molar-refractivity contribution in [1.82, 2.24) is 9.55 Å². The summed E-state index contributed by atoms with van der Waals surface area (Å²) in [6.07, 6.45) is 3.30. The standard InChI is InChI=1S/C17H14FN3O/c18-14-6-8-15(9-7-14)20-17(22)16-11-21(12-19-16)10-13-4-2-1-3-5-13/h1-9,11-12H,10H2,(H,20,22). The normalized spacial score (nSPS) is 10.4. The molecule has 0 radical (unpaired) electrons. The molecule has 1 amide bonds. The average Bonchev–Trinajstić information content (AvgIpc) is 2.99.